The second kappa shape index (κ2) is 24.3. The van der Waals surface area contributed by atoms with Gasteiger partial charge in [-0.2, -0.15) is 0 Å². The lowest BCUT2D eigenvalue weighted by Gasteiger charge is -2.32. The Morgan fingerprint density at radius 1 is 1.09 bits per heavy atom. The molecule has 2 bridgehead atoms. The van der Waals surface area contributed by atoms with Crippen LogP contribution in [0.25, 0.3) is 0 Å². The topological polar surface area (TPSA) is 51.2 Å². The summed E-state index contributed by atoms with van der Waals surface area (Å²) in [5.41, 5.74) is 3.89. The Morgan fingerprint density at radius 2 is 1.80 bits per heavy atom. The van der Waals surface area contributed by atoms with Crippen molar-refractivity contribution >= 4 is 47.4 Å². The number of carbonyl (C=O) groups is 1. The fraction of sp³-hybridized carbons (Fsp3) is 0.474. The van der Waals surface area contributed by atoms with Crippen molar-refractivity contribution < 1.29 is 4.79 Å². The Kier molecular flexibility index (Phi) is 21.8. The van der Waals surface area contributed by atoms with E-state index >= 15 is 0 Å². The lowest BCUT2D eigenvalue weighted by atomic mass is 10.1. The van der Waals surface area contributed by atoms with Crippen LogP contribution in [0.4, 0.5) is 11.4 Å². The van der Waals surface area contributed by atoms with Gasteiger partial charge in [0.2, 0.25) is 0 Å². The number of thioether (sulfide) groups is 1. The van der Waals surface area contributed by atoms with E-state index in [4.69, 9.17) is 11.6 Å². The van der Waals surface area contributed by atoms with Crippen LogP contribution in [0.1, 0.15) is 53.9 Å². The normalized spacial score (nSPS) is 14.7. The van der Waals surface area contributed by atoms with Crippen LogP contribution >= 0.6 is 23.4 Å². The molecule has 0 radical (unpaired) electrons. The van der Waals surface area contributed by atoms with E-state index in [9.17, 15) is 4.79 Å². The molecule has 1 unspecified atom stereocenters. The molecular formula is C38H58ClN5OS. The van der Waals surface area contributed by atoms with E-state index in [1.165, 1.54) is 11.8 Å². The van der Waals surface area contributed by atoms with Crippen molar-refractivity contribution in [1.29, 1.82) is 0 Å². The van der Waals surface area contributed by atoms with Crippen LogP contribution in [-0.2, 0) is 4.79 Å². The number of rotatable bonds is 18. The van der Waals surface area contributed by atoms with Crippen LogP contribution < -0.4 is 10.2 Å². The Bertz CT molecular complexity index is 1220. The Morgan fingerprint density at radius 3 is 2.43 bits per heavy atom. The molecule has 0 saturated carbocycles. The van der Waals surface area contributed by atoms with E-state index in [0.717, 1.165) is 68.0 Å². The highest BCUT2D eigenvalue weighted by Gasteiger charge is 2.28. The lowest BCUT2D eigenvalue weighted by Crippen LogP contribution is -2.41. The van der Waals surface area contributed by atoms with E-state index in [1.807, 2.05) is 68.3 Å². The number of carbonyl (C=O) groups excluding carboxylic acids is 1. The summed E-state index contributed by atoms with van der Waals surface area (Å²) < 4.78 is 0. The summed E-state index contributed by atoms with van der Waals surface area (Å²) in [5.74, 6) is -0.00632. The van der Waals surface area contributed by atoms with Gasteiger partial charge >= 0.3 is 0 Å². The van der Waals surface area contributed by atoms with Crippen molar-refractivity contribution in [2.45, 2.75) is 59.1 Å². The van der Waals surface area contributed by atoms with Gasteiger partial charge in [0, 0.05) is 51.1 Å². The third-order valence-corrected chi connectivity index (χ3v) is 9.05. The molecule has 1 aliphatic heterocycles. The predicted octanol–water partition coefficient (Wildman–Crippen LogP) is 8.78. The number of aliphatic imine (C=N–C) groups is 1. The molecule has 1 atom stereocenters. The molecule has 0 saturated heterocycles. The summed E-state index contributed by atoms with van der Waals surface area (Å²) in [7, 11) is 1.98. The SMILES string of the molecule is C=CCC.C=Nc1ccccc1N(CCN(CCC)C(=O)C1=C(Cl)C2=CC(C=CC=C2)S1)CC(=C)CCN(CC)CCNC.CC. The quantitative estimate of drug-likeness (QED) is 0.125. The summed E-state index contributed by atoms with van der Waals surface area (Å²) in [6.07, 6.45) is 14.9. The van der Waals surface area contributed by atoms with Crippen molar-refractivity contribution in [1.82, 2.24) is 15.1 Å². The Balaban J connectivity index is 0.00000163. The largest absolute Gasteiger partial charge is 0.364 e. The number of benzene rings is 1. The molecule has 1 heterocycles. The minimum atomic E-state index is -0.00632. The van der Waals surface area contributed by atoms with Gasteiger partial charge in [-0.3, -0.25) is 9.79 Å². The highest BCUT2D eigenvalue weighted by atomic mass is 35.5. The Hall–Kier alpha value is -2.84. The maximum atomic E-state index is 13.8. The van der Waals surface area contributed by atoms with Gasteiger partial charge in [0.05, 0.1) is 21.3 Å². The highest BCUT2D eigenvalue weighted by molar-refractivity contribution is 8.05. The first-order valence-corrected chi connectivity index (χ1v) is 18.0. The molecule has 1 aromatic rings. The summed E-state index contributed by atoms with van der Waals surface area (Å²) in [6.45, 7) is 28.6. The van der Waals surface area contributed by atoms with Gasteiger partial charge < -0.3 is 20.0 Å². The molecule has 0 spiro atoms. The summed E-state index contributed by atoms with van der Waals surface area (Å²) >= 11 is 8.27. The molecule has 0 aromatic heterocycles. The van der Waals surface area contributed by atoms with Gasteiger partial charge in [0.15, 0.2) is 0 Å². The fourth-order valence-electron chi connectivity index (χ4n) is 4.79. The molecule has 1 amide bonds. The smallest absolute Gasteiger partial charge is 0.261 e. The number of hydrogen-bond donors (Lipinski definition) is 1. The minimum Gasteiger partial charge on any atom is -0.364 e. The van der Waals surface area contributed by atoms with Gasteiger partial charge in [-0.1, -0.05) is 107 Å². The van der Waals surface area contributed by atoms with Crippen LogP contribution in [0.2, 0.25) is 0 Å². The molecule has 46 heavy (non-hydrogen) atoms. The van der Waals surface area contributed by atoms with Gasteiger partial charge in [-0.15, -0.1) is 18.3 Å². The number of amides is 1. The first-order valence-electron chi connectivity index (χ1n) is 16.7. The van der Waals surface area contributed by atoms with Gasteiger partial charge in [-0.25, -0.2) is 0 Å². The molecular weight excluding hydrogens is 610 g/mol. The van der Waals surface area contributed by atoms with Crippen molar-refractivity contribution in [3.8, 4) is 0 Å². The highest BCUT2D eigenvalue weighted by Crippen LogP contribution is 2.40. The maximum Gasteiger partial charge on any atom is 0.261 e. The number of allylic oxidation sites excluding steroid dienone is 6. The van der Waals surface area contributed by atoms with Crippen LogP contribution in [0.15, 0.2) is 100.0 Å². The molecule has 3 rings (SSSR count). The fourth-order valence-corrected chi connectivity index (χ4v) is 6.23. The number of likely N-dealkylation sites (N-methyl/N-ethyl adjacent to an activating group) is 2. The van der Waals surface area contributed by atoms with Gasteiger partial charge in [0.25, 0.3) is 5.91 Å². The molecule has 1 aromatic carbocycles. The van der Waals surface area contributed by atoms with Crippen molar-refractivity contribution in [3.63, 3.8) is 0 Å². The molecule has 0 fully saturated rings. The number of fused-ring (bicyclic) bond motifs is 1. The predicted molar refractivity (Wildman–Crippen MR) is 207 cm³/mol. The number of hydrogen-bond acceptors (Lipinski definition) is 6. The number of para-hydroxylation sites is 2. The monoisotopic (exact) mass is 667 g/mol. The summed E-state index contributed by atoms with van der Waals surface area (Å²) in [4.78, 5) is 25.4. The standard InChI is InChI=1S/C32H44ClN5OS.C4H8.C2H6/c1-6-18-37(32(39)31-30(33)26-12-8-9-13-27(23-26)40-31)21-22-38(29-15-11-10-14-28(29)35-5)24-25(3)16-19-36(7-2)20-17-34-4;1-3-4-2;1-2/h8-15,23,27,34H,3,5-7,16-22,24H2,1-2,4H3;3H,1,4H2,2H3;1-2H3. The van der Waals surface area contributed by atoms with Crippen LogP contribution in [0, 0.1) is 0 Å². The first-order chi connectivity index (χ1) is 22.3. The molecule has 8 heteroatoms. The molecule has 1 N–H and O–H groups in total. The Labute approximate surface area is 289 Å². The van der Waals surface area contributed by atoms with Gasteiger partial charge in [0.1, 0.15) is 0 Å². The second-order valence-electron chi connectivity index (χ2n) is 10.7. The van der Waals surface area contributed by atoms with Crippen LogP contribution in [0.3, 0.4) is 0 Å². The first kappa shape index (κ1) is 41.2. The summed E-state index contributed by atoms with van der Waals surface area (Å²) in [5, 5.41) is 3.88. The van der Waals surface area contributed by atoms with Crippen molar-refractivity contribution in [2.75, 3.05) is 64.3 Å². The molecule has 254 valence electrons. The maximum absolute atomic E-state index is 13.8. The van der Waals surface area contributed by atoms with Crippen LogP contribution in [0.5, 0.6) is 0 Å². The van der Waals surface area contributed by atoms with Crippen LogP contribution in [-0.4, -0.2) is 87.1 Å². The zero-order valence-electron chi connectivity index (χ0n) is 29.2. The molecule has 2 aliphatic rings. The minimum absolute atomic E-state index is 0.00632. The third-order valence-electron chi connectivity index (χ3n) is 7.36. The van der Waals surface area contributed by atoms with E-state index in [0.29, 0.717) is 36.1 Å². The molecule has 1 aliphatic carbocycles. The number of halogens is 1. The van der Waals surface area contributed by atoms with Crippen molar-refractivity contribution in [2.24, 2.45) is 4.99 Å². The number of nitrogens with one attached hydrogen (secondary N) is 1. The third kappa shape index (κ3) is 13.9. The van der Waals surface area contributed by atoms with E-state index in [-0.39, 0.29) is 11.2 Å². The number of nitrogens with zero attached hydrogens (tertiary/aromatic N) is 4. The average Bonchev–Trinajstić information content (AvgIpc) is 3.30. The van der Waals surface area contributed by atoms with E-state index in [1.54, 1.807) is 0 Å². The zero-order valence-corrected chi connectivity index (χ0v) is 30.8. The summed E-state index contributed by atoms with van der Waals surface area (Å²) in [6, 6.07) is 8.04. The zero-order chi connectivity index (χ0) is 34.3. The molecule has 6 nitrogen and oxygen atoms in total. The lowest BCUT2D eigenvalue weighted by molar-refractivity contribution is -0.126. The average molecular weight is 668 g/mol. The van der Waals surface area contributed by atoms with E-state index < -0.39 is 0 Å². The van der Waals surface area contributed by atoms with Gasteiger partial charge in [-0.05, 0) is 57.3 Å². The van der Waals surface area contributed by atoms with Crippen molar-refractivity contribution in [3.05, 3.63) is 95.0 Å². The van der Waals surface area contributed by atoms with E-state index in [2.05, 4.69) is 79.0 Å². The second-order valence-corrected chi connectivity index (χ2v) is 12.3. The number of anilines is 1.